The standard InChI is InChI=1S/C13H17N3S/c1-3-12(13-6-5-7-17-13)14-8-11-9-15-16(4-2)10-11/h4-7,9-10,12,14H,2-3,8H2,1H3. The van der Waals surface area contributed by atoms with Crippen molar-refractivity contribution in [1.29, 1.82) is 0 Å². The lowest BCUT2D eigenvalue weighted by atomic mass is 10.2. The zero-order chi connectivity index (χ0) is 12.1. The van der Waals surface area contributed by atoms with E-state index in [4.69, 9.17) is 0 Å². The van der Waals surface area contributed by atoms with E-state index in [0.29, 0.717) is 6.04 Å². The fourth-order valence-electron chi connectivity index (χ4n) is 1.75. The summed E-state index contributed by atoms with van der Waals surface area (Å²) < 4.78 is 1.73. The number of rotatable bonds is 6. The molecule has 2 aromatic heterocycles. The molecule has 0 bridgehead atoms. The highest BCUT2D eigenvalue weighted by atomic mass is 32.1. The first-order chi connectivity index (χ1) is 8.33. The lowest BCUT2D eigenvalue weighted by Crippen LogP contribution is -2.19. The normalized spacial score (nSPS) is 12.5. The summed E-state index contributed by atoms with van der Waals surface area (Å²) in [6.07, 6.45) is 6.65. The lowest BCUT2D eigenvalue weighted by Gasteiger charge is -2.14. The molecule has 2 rings (SSSR count). The van der Waals surface area contributed by atoms with Crippen molar-refractivity contribution in [3.05, 3.63) is 46.9 Å². The van der Waals surface area contributed by atoms with E-state index < -0.39 is 0 Å². The smallest absolute Gasteiger partial charge is 0.0538 e. The van der Waals surface area contributed by atoms with E-state index in [2.05, 4.69) is 41.4 Å². The van der Waals surface area contributed by atoms with Gasteiger partial charge < -0.3 is 5.32 Å². The van der Waals surface area contributed by atoms with Crippen molar-refractivity contribution in [1.82, 2.24) is 15.1 Å². The summed E-state index contributed by atoms with van der Waals surface area (Å²) in [4.78, 5) is 1.39. The van der Waals surface area contributed by atoms with Gasteiger partial charge in [0.05, 0.1) is 6.20 Å². The zero-order valence-electron chi connectivity index (χ0n) is 9.97. The van der Waals surface area contributed by atoms with E-state index in [-0.39, 0.29) is 0 Å². The molecule has 1 N–H and O–H groups in total. The Morgan fingerprint density at radius 2 is 2.53 bits per heavy atom. The third-order valence-corrected chi connectivity index (χ3v) is 3.68. The van der Waals surface area contributed by atoms with Crippen LogP contribution < -0.4 is 5.32 Å². The third kappa shape index (κ3) is 3.05. The van der Waals surface area contributed by atoms with Crippen molar-refractivity contribution >= 4 is 17.5 Å². The van der Waals surface area contributed by atoms with Crippen LogP contribution in [0.5, 0.6) is 0 Å². The predicted molar refractivity (Wildman–Crippen MR) is 72.8 cm³/mol. The molecule has 0 aromatic carbocycles. The van der Waals surface area contributed by atoms with E-state index in [0.717, 1.165) is 13.0 Å². The van der Waals surface area contributed by atoms with Crippen molar-refractivity contribution in [3.8, 4) is 0 Å². The van der Waals surface area contributed by atoms with Gasteiger partial charge in [-0.15, -0.1) is 11.3 Å². The fourth-order valence-corrected chi connectivity index (χ4v) is 2.63. The molecule has 0 saturated heterocycles. The molecule has 0 radical (unpaired) electrons. The molecule has 0 aliphatic rings. The van der Waals surface area contributed by atoms with Crippen LogP contribution in [0.3, 0.4) is 0 Å². The number of nitrogens with one attached hydrogen (secondary N) is 1. The van der Waals surface area contributed by atoms with Gasteiger partial charge in [0.25, 0.3) is 0 Å². The van der Waals surface area contributed by atoms with E-state index >= 15 is 0 Å². The molecule has 4 heteroatoms. The van der Waals surface area contributed by atoms with Crippen molar-refractivity contribution in [3.63, 3.8) is 0 Å². The monoisotopic (exact) mass is 247 g/mol. The molecule has 1 atom stereocenters. The molecule has 0 fully saturated rings. The highest BCUT2D eigenvalue weighted by Crippen LogP contribution is 2.21. The maximum Gasteiger partial charge on any atom is 0.0538 e. The van der Waals surface area contributed by atoms with Gasteiger partial charge in [-0.2, -0.15) is 5.10 Å². The minimum absolute atomic E-state index is 0.432. The first kappa shape index (κ1) is 12.1. The molecule has 2 aromatic rings. The topological polar surface area (TPSA) is 29.9 Å². The molecule has 0 spiro atoms. The van der Waals surface area contributed by atoms with Crippen LogP contribution in [0, 0.1) is 0 Å². The van der Waals surface area contributed by atoms with Crippen LogP contribution in [0.15, 0.2) is 36.5 Å². The largest absolute Gasteiger partial charge is 0.305 e. The maximum absolute atomic E-state index is 4.16. The quantitative estimate of drug-likeness (QED) is 0.849. The second-order valence-electron chi connectivity index (χ2n) is 3.87. The van der Waals surface area contributed by atoms with E-state index in [9.17, 15) is 0 Å². The summed E-state index contributed by atoms with van der Waals surface area (Å²) in [5.74, 6) is 0. The Hall–Kier alpha value is -1.39. The lowest BCUT2D eigenvalue weighted by molar-refractivity contribution is 0.526. The Balaban J connectivity index is 1.94. The zero-order valence-corrected chi connectivity index (χ0v) is 10.8. The first-order valence-electron chi connectivity index (χ1n) is 5.76. The van der Waals surface area contributed by atoms with Crippen LogP contribution in [0.25, 0.3) is 6.20 Å². The Kier molecular flexibility index (Phi) is 4.12. The van der Waals surface area contributed by atoms with Gasteiger partial charge in [-0.05, 0) is 17.9 Å². The number of hydrogen-bond acceptors (Lipinski definition) is 3. The molecule has 0 saturated carbocycles. The molecular weight excluding hydrogens is 230 g/mol. The molecule has 0 aliphatic carbocycles. The number of thiophene rings is 1. The Labute approximate surface area is 106 Å². The summed E-state index contributed by atoms with van der Waals surface area (Å²) in [6.45, 7) is 6.71. The molecule has 1 unspecified atom stereocenters. The fraction of sp³-hybridized carbons (Fsp3) is 0.308. The van der Waals surface area contributed by atoms with Crippen LogP contribution in [-0.2, 0) is 6.54 Å². The summed E-state index contributed by atoms with van der Waals surface area (Å²) >= 11 is 1.80. The van der Waals surface area contributed by atoms with Gasteiger partial charge in [-0.3, -0.25) is 0 Å². The van der Waals surface area contributed by atoms with Crippen LogP contribution in [0.2, 0.25) is 0 Å². The number of aromatic nitrogens is 2. The Bertz CT molecular complexity index is 459. The highest BCUT2D eigenvalue weighted by molar-refractivity contribution is 7.10. The maximum atomic E-state index is 4.16. The van der Waals surface area contributed by atoms with Crippen molar-refractivity contribution in [2.45, 2.75) is 25.9 Å². The third-order valence-electron chi connectivity index (χ3n) is 2.69. The van der Waals surface area contributed by atoms with Gasteiger partial charge in [0.2, 0.25) is 0 Å². The van der Waals surface area contributed by atoms with Gasteiger partial charge in [0.15, 0.2) is 0 Å². The minimum Gasteiger partial charge on any atom is -0.305 e. The molecular formula is C13H17N3S. The van der Waals surface area contributed by atoms with Crippen molar-refractivity contribution < 1.29 is 0 Å². The van der Waals surface area contributed by atoms with Crippen LogP contribution in [0.4, 0.5) is 0 Å². The first-order valence-corrected chi connectivity index (χ1v) is 6.63. The van der Waals surface area contributed by atoms with E-state index in [1.807, 2.05) is 12.4 Å². The molecule has 0 aliphatic heterocycles. The van der Waals surface area contributed by atoms with Crippen LogP contribution >= 0.6 is 11.3 Å². The number of hydrogen-bond donors (Lipinski definition) is 1. The van der Waals surface area contributed by atoms with Crippen LogP contribution in [0.1, 0.15) is 29.8 Å². The van der Waals surface area contributed by atoms with Gasteiger partial charge in [0, 0.05) is 35.4 Å². The minimum atomic E-state index is 0.432. The summed E-state index contributed by atoms with van der Waals surface area (Å²) in [5, 5.41) is 9.83. The van der Waals surface area contributed by atoms with Gasteiger partial charge >= 0.3 is 0 Å². The molecule has 2 heterocycles. The number of nitrogens with zero attached hydrogens (tertiary/aromatic N) is 2. The van der Waals surface area contributed by atoms with Crippen LogP contribution in [-0.4, -0.2) is 9.78 Å². The average Bonchev–Trinajstić information content (AvgIpc) is 3.00. The predicted octanol–water partition coefficient (Wildman–Crippen LogP) is 3.29. The van der Waals surface area contributed by atoms with Crippen molar-refractivity contribution in [2.24, 2.45) is 0 Å². The summed E-state index contributed by atoms with van der Waals surface area (Å²) in [7, 11) is 0. The highest BCUT2D eigenvalue weighted by Gasteiger charge is 2.09. The van der Waals surface area contributed by atoms with E-state index in [1.165, 1.54) is 10.4 Å². The Morgan fingerprint density at radius 1 is 1.65 bits per heavy atom. The van der Waals surface area contributed by atoms with Gasteiger partial charge in [0.1, 0.15) is 0 Å². The molecule has 0 amide bonds. The molecule has 17 heavy (non-hydrogen) atoms. The molecule has 90 valence electrons. The van der Waals surface area contributed by atoms with Gasteiger partial charge in [-0.25, -0.2) is 4.68 Å². The second-order valence-corrected chi connectivity index (χ2v) is 4.85. The average molecular weight is 247 g/mol. The summed E-state index contributed by atoms with van der Waals surface area (Å²) in [6, 6.07) is 4.71. The van der Waals surface area contributed by atoms with E-state index in [1.54, 1.807) is 22.2 Å². The van der Waals surface area contributed by atoms with Gasteiger partial charge in [-0.1, -0.05) is 19.6 Å². The SMILES string of the molecule is C=Cn1cc(CNC(CC)c2cccs2)cn1. The Morgan fingerprint density at radius 3 is 3.12 bits per heavy atom. The summed E-state index contributed by atoms with van der Waals surface area (Å²) in [5.41, 5.74) is 1.18. The molecule has 3 nitrogen and oxygen atoms in total. The second kappa shape index (κ2) is 5.80. The van der Waals surface area contributed by atoms with Crippen molar-refractivity contribution in [2.75, 3.05) is 0 Å².